The number of nitrogens with one attached hydrogen (secondary N) is 1. The summed E-state index contributed by atoms with van der Waals surface area (Å²) < 4.78 is 16.6. The third-order valence-corrected chi connectivity index (χ3v) is 3.57. The average Bonchev–Trinajstić information content (AvgIpc) is 2.69. The number of para-hydroxylation sites is 2. The smallest absolute Gasteiger partial charge is 0.219 e. The maximum Gasteiger partial charge on any atom is 0.219 e. The van der Waals surface area contributed by atoms with Crippen LogP contribution in [0.2, 0.25) is 0 Å². The number of hydrogen-bond donors (Lipinski definition) is 2. The fraction of sp³-hybridized carbons (Fsp3) is 0.400. The van der Waals surface area contributed by atoms with Crippen LogP contribution in [0.25, 0.3) is 0 Å². The zero-order valence-electron chi connectivity index (χ0n) is 16.0. The SMILES string of the molecule is CCOCCCNC(N)=NCc1ccc(Oc2ccccc2OCC)nc1. The lowest BCUT2D eigenvalue weighted by molar-refractivity contribution is 0.145. The number of pyridine rings is 1. The van der Waals surface area contributed by atoms with Crippen LogP contribution in [-0.4, -0.2) is 37.3 Å². The molecule has 0 unspecified atom stereocenters. The molecule has 0 fully saturated rings. The van der Waals surface area contributed by atoms with Gasteiger partial charge in [0.25, 0.3) is 0 Å². The van der Waals surface area contributed by atoms with Gasteiger partial charge in [0.05, 0.1) is 13.2 Å². The van der Waals surface area contributed by atoms with E-state index >= 15 is 0 Å². The van der Waals surface area contributed by atoms with E-state index in [9.17, 15) is 0 Å². The molecule has 7 nitrogen and oxygen atoms in total. The Bertz CT molecular complexity index is 705. The Labute approximate surface area is 160 Å². The average molecular weight is 372 g/mol. The second-order valence-electron chi connectivity index (χ2n) is 5.67. The van der Waals surface area contributed by atoms with Gasteiger partial charge in [-0.05, 0) is 38.0 Å². The van der Waals surface area contributed by atoms with Crippen molar-refractivity contribution in [2.45, 2.75) is 26.8 Å². The van der Waals surface area contributed by atoms with Gasteiger partial charge in [-0.2, -0.15) is 0 Å². The van der Waals surface area contributed by atoms with Crippen LogP contribution in [0.15, 0.2) is 47.6 Å². The molecule has 1 heterocycles. The predicted octanol–water partition coefficient (Wildman–Crippen LogP) is 3.10. The summed E-state index contributed by atoms with van der Waals surface area (Å²) in [6.45, 7) is 7.12. The summed E-state index contributed by atoms with van der Waals surface area (Å²) >= 11 is 0. The van der Waals surface area contributed by atoms with Crippen LogP contribution in [-0.2, 0) is 11.3 Å². The Hall–Kier alpha value is -2.80. The molecule has 27 heavy (non-hydrogen) atoms. The van der Waals surface area contributed by atoms with Gasteiger partial charge in [-0.15, -0.1) is 0 Å². The monoisotopic (exact) mass is 372 g/mol. The summed E-state index contributed by atoms with van der Waals surface area (Å²) in [6, 6.07) is 11.2. The summed E-state index contributed by atoms with van der Waals surface area (Å²) in [4.78, 5) is 8.63. The number of aliphatic imine (C=N–C) groups is 1. The number of hydrogen-bond acceptors (Lipinski definition) is 5. The van der Waals surface area contributed by atoms with Crippen LogP contribution in [0.4, 0.5) is 0 Å². The van der Waals surface area contributed by atoms with Crippen molar-refractivity contribution in [3.05, 3.63) is 48.2 Å². The van der Waals surface area contributed by atoms with Gasteiger partial charge in [0.15, 0.2) is 17.5 Å². The number of nitrogens with zero attached hydrogens (tertiary/aromatic N) is 2. The van der Waals surface area contributed by atoms with Crippen LogP contribution in [0.1, 0.15) is 25.8 Å². The number of aromatic nitrogens is 1. The zero-order chi connectivity index (χ0) is 19.3. The first kappa shape index (κ1) is 20.5. The minimum atomic E-state index is 0.414. The normalized spacial score (nSPS) is 11.3. The molecule has 146 valence electrons. The molecular formula is C20H28N4O3. The molecule has 0 saturated carbocycles. The Balaban J connectivity index is 1.84. The zero-order valence-corrected chi connectivity index (χ0v) is 16.0. The Morgan fingerprint density at radius 3 is 2.63 bits per heavy atom. The number of nitrogens with two attached hydrogens (primary N) is 1. The molecule has 0 aliphatic heterocycles. The molecule has 0 aliphatic carbocycles. The minimum Gasteiger partial charge on any atom is -0.490 e. The molecule has 3 N–H and O–H groups in total. The van der Waals surface area contributed by atoms with Crippen LogP contribution in [0, 0.1) is 0 Å². The maximum absolute atomic E-state index is 5.85. The number of guanidine groups is 1. The number of rotatable bonds is 11. The topological polar surface area (TPSA) is 91.0 Å². The fourth-order valence-corrected chi connectivity index (χ4v) is 2.25. The molecule has 0 saturated heterocycles. The second kappa shape index (κ2) is 11.7. The molecule has 0 radical (unpaired) electrons. The van der Waals surface area contributed by atoms with Gasteiger partial charge in [-0.25, -0.2) is 9.98 Å². The molecule has 1 aromatic heterocycles. The molecule has 2 rings (SSSR count). The summed E-state index contributed by atoms with van der Waals surface area (Å²) in [6.07, 6.45) is 2.62. The van der Waals surface area contributed by atoms with E-state index in [1.807, 2.05) is 44.2 Å². The molecule has 1 aromatic carbocycles. The van der Waals surface area contributed by atoms with E-state index in [0.717, 1.165) is 25.1 Å². The Morgan fingerprint density at radius 2 is 1.93 bits per heavy atom. The lowest BCUT2D eigenvalue weighted by atomic mass is 10.3. The number of ether oxygens (including phenoxy) is 3. The summed E-state index contributed by atoms with van der Waals surface area (Å²) in [7, 11) is 0. The fourth-order valence-electron chi connectivity index (χ4n) is 2.25. The molecule has 0 spiro atoms. The van der Waals surface area contributed by atoms with Crippen LogP contribution in [0.5, 0.6) is 17.4 Å². The van der Waals surface area contributed by atoms with Crippen molar-refractivity contribution in [1.29, 1.82) is 0 Å². The summed E-state index contributed by atoms with van der Waals surface area (Å²) in [5.41, 5.74) is 6.80. The van der Waals surface area contributed by atoms with Crippen molar-refractivity contribution < 1.29 is 14.2 Å². The molecule has 0 aliphatic rings. The van der Waals surface area contributed by atoms with Gasteiger partial charge >= 0.3 is 0 Å². The molecule has 7 heteroatoms. The second-order valence-corrected chi connectivity index (χ2v) is 5.67. The van der Waals surface area contributed by atoms with E-state index in [1.54, 1.807) is 12.3 Å². The van der Waals surface area contributed by atoms with Gasteiger partial charge in [0.2, 0.25) is 5.88 Å². The van der Waals surface area contributed by atoms with E-state index in [4.69, 9.17) is 19.9 Å². The van der Waals surface area contributed by atoms with Crippen molar-refractivity contribution in [2.24, 2.45) is 10.7 Å². The van der Waals surface area contributed by atoms with Crippen molar-refractivity contribution in [3.8, 4) is 17.4 Å². The molecule has 0 bridgehead atoms. The van der Waals surface area contributed by atoms with Gasteiger partial charge in [0.1, 0.15) is 0 Å². The van der Waals surface area contributed by atoms with Crippen molar-refractivity contribution >= 4 is 5.96 Å². The first-order valence-electron chi connectivity index (χ1n) is 9.19. The summed E-state index contributed by atoms with van der Waals surface area (Å²) in [5, 5.41) is 3.06. The van der Waals surface area contributed by atoms with E-state index < -0.39 is 0 Å². The van der Waals surface area contributed by atoms with E-state index in [2.05, 4.69) is 15.3 Å². The maximum atomic E-state index is 5.85. The Kier molecular flexibility index (Phi) is 8.92. The molecule has 2 aromatic rings. The van der Waals surface area contributed by atoms with E-state index in [0.29, 0.717) is 43.1 Å². The van der Waals surface area contributed by atoms with Crippen LogP contribution >= 0.6 is 0 Å². The lowest BCUT2D eigenvalue weighted by Gasteiger charge is -2.10. The third-order valence-electron chi connectivity index (χ3n) is 3.57. The van der Waals surface area contributed by atoms with Crippen LogP contribution < -0.4 is 20.5 Å². The van der Waals surface area contributed by atoms with Gasteiger partial charge in [0, 0.05) is 32.0 Å². The first-order valence-corrected chi connectivity index (χ1v) is 9.19. The Morgan fingerprint density at radius 1 is 1.11 bits per heavy atom. The summed E-state index contributed by atoms with van der Waals surface area (Å²) in [5.74, 6) is 2.24. The predicted molar refractivity (Wildman–Crippen MR) is 106 cm³/mol. The van der Waals surface area contributed by atoms with Crippen molar-refractivity contribution in [3.63, 3.8) is 0 Å². The lowest BCUT2D eigenvalue weighted by Crippen LogP contribution is -2.32. The molecule has 0 atom stereocenters. The third kappa shape index (κ3) is 7.53. The van der Waals surface area contributed by atoms with Crippen LogP contribution in [0.3, 0.4) is 0 Å². The minimum absolute atomic E-state index is 0.414. The van der Waals surface area contributed by atoms with E-state index in [1.165, 1.54) is 0 Å². The highest BCUT2D eigenvalue weighted by atomic mass is 16.5. The van der Waals surface area contributed by atoms with Gasteiger partial charge in [-0.1, -0.05) is 18.2 Å². The highest BCUT2D eigenvalue weighted by molar-refractivity contribution is 5.77. The van der Waals surface area contributed by atoms with Gasteiger partial charge < -0.3 is 25.3 Å². The quantitative estimate of drug-likeness (QED) is 0.358. The van der Waals surface area contributed by atoms with Gasteiger partial charge in [-0.3, -0.25) is 0 Å². The van der Waals surface area contributed by atoms with E-state index in [-0.39, 0.29) is 0 Å². The van der Waals surface area contributed by atoms with Crippen molar-refractivity contribution in [1.82, 2.24) is 10.3 Å². The largest absolute Gasteiger partial charge is 0.490 e. The van der Waals surface area contributed by atoms with Crippen molar-refractivity contribution in [2.75, 3.05) is 26.4 Å². The first-order chi connectivity index (χ1) is 13.2. The molecular weight excluding hydrogens is 344 g/mol. The number of benzene rings is 1. The molecule has 0 amide bonds. The highest BCUT2D eigenvalue weighted by Gasteiger charge is 2.06. The standard InChI is InChI=1S/C20H28N4O3/c1-3-25-13-7-12-22-20(21)24-15-16-10-11-19(23-14-16)27-18-9-6-5-8-17(18)26-4-2/h5-6,8-11,14H,3-4,7,12-13,15H2,1-2H3,(H3,21,22,24). The highest BCUT2D eigenvalue weighted by Crippen LogP contribution is 2.30.